The van der Waals surface area contributed by atoms with Crippen molar-refractivity contribution in [2.75, 3.05) is 0 Å². The Labute approximate surface area is 93.2 Å². The molecule has 0 unspecified atom stereocenters. The molecule has 2 aromatic rings. The fraction of sp³-hybridized carbons (Fsp3) is 0.167. The molecule has 0 bridgehead atoms. The minimum atomic E-state index is -0.435. The number of aryl methyl sites for hydroxylation is 1. The number of hydrogen-bond donors (Lipinski definition) is 1. The molecule has 3 nitrogen and oxygen atoms in total. The molecule has 2 rings (SSSR count). The predicted octanol–water partition coefficient (Wildman–Crippen LogP) is 2.05. The molecule has 82 valence electrons. The summed E-state index contributed by atoms with van der Waals surface area (Å²) in [6, 6.07) is 7.52. The summed E-state index contributed by atoms with van der Waals surface area (Å²) < 4.78 is 13.9. The van der Waals surface area contributed by atoms with Gasteiger partial charge in [-0.2, -0.15) is 0 Å². The fourth-order valence-electron chi connectivity index (χ4n) is 1.54. The maximum absolute atomic E-state index is 13.9. The van der Waals surface area contributed by atoms with E-state index in [0.29, 0.717) is 5.69 Å². The van der Waals surface area contributed by atoms with E-state index < -0.39 is 5.82 Å². The van der Waals surface area contributed by atoms with Crippen LogP contribution in [0.1, 0.15) is 11.3 Å². The number of halogens is 1. The van der Waals surface area contributed by atoms with Crippen LogP contribution in [0.25, 0.3) is 11.3 Å². The maximum Gasteiger partial charge on any atom is 0.172 e. The van der Waals surface area contributed by atoms with Gasteiger partial charge in [0.25, 0.3) is 0 Å². The summed E-state index contributed by atoms with van der Waals surface area (Å²) in [7, 11) is 0. The Morgan fingerprint density at radius 3 is 2.81 bits per heavy atom. The monoisotopic (exact) mass is 217 g/mol. The van der Waals surface area contributed by atoms with E-state index in [2.05, 4.69) is 9.97 Å². The molecular weight excluding hydrogens is 205 g/mol. The van der Waals surface area contributed by atoms with Crippen LogP contribution >= 0.6 is 0 Å². The molecule has 0 radical (unpaired) electrons. The number of nitrogens with zero attached hydrogens (tertiary/aromatic N) is 2. The Balaban J connectivity index is 2.56. The van der Waals surface area contributed by atoms with Crippen LogP contribution < -0.4 is 5.73 Å². The van der Waals surface area contributed by atoms with Gasteiger partial charge in [-0.05, 0) is 13.0 Å². The van der Waals surface area contributed by atoms with E-state index in [1.54, 1.807) is 0 Å². The largest absolute Gasteiger partial charge is 0.325 e. The lowest BCUT2D eigenvalue weighted by molar-refractivity contribution is 0.596. The van der Waals surface area contributed by atoms with E-state index in [1.807, 2.05) is 31.2 Å². The summed E-state index contributed by atoms with van der Waals surface area (Å²) in [5.41, 5.74) is 7.75. The minimum absolute atomic E-state index is 0.0766. The van der Waals surface area contributed by atoms with E-state index in [1.165, 1.54) is 6.33 Å². The van der Waals surface area contributed by atoms with Gasteiger partial charge in [0, 0.05) is 12.1 Å². The summed E-state index contributed by atoms with van der Waals surface area (Å²) in [6.07, 6.45) is 1.34. The third-order valence-corrected chi connectivity index (χ3v) is 2.35. The second kappa shape index (κ2) is 4.37. The topological polar surface area (TPSA) is 51.8 Å². The number of rotatable bonds is 2. The first kappa shape index (κ1) is 10.7. The van der Waals surface area contributed by atoms with Gasteiger partial charge in [-0.15, -0.1) is 0 Å². The van der Waals surface area contributed by atoms with Crippen LogP contribution in [-0.4, -0.2) is 9.97 Å². The van der Waals surface area contributed by atoms with Crippen molar-refractivity contribution in [1.82, 2.24) is 9.97 Å². The first-order valence-corrected chi connectivity index (χ1v) is 4.99. The average Bonchev–Trinajstić information content (AvgIpc) is 2.29. The zero-order valence-electron chi connectivity index (χ0n) is 8.94. The molecule has 0 atom stereocenters. The van der Waals surface area contributed by atoms with Gasteiger partial charge in [-0.3, -0.25) is 0 Å². The smallest absolute Gasteiger partial charge is 0.172 e. The van der Waals surface area contributed by atoms with Crippen molar-refractivity contribution in [3.8, 4) is 11.3 Å². The summed E-state index contributed by atoms with van der Waals surface area (Å²) in [5.74, 6) is -0.435. The van der Waals surface area contributed by atoms with E-state index in [9.17, 15) is 4.39 Å². The molecule has 2 N–H and O–H groups in total. The molecule has 1 heterocycles. The summed E-state index contributed by atoms with van der Waals surface area (Å²) in [5, 5.41) is 0. The Morgan fingerprint density at radius 2 is 2.12 bits per heavy atom. The third kappa shape index (κ3) is 1.92. The molecule has 0 aliphatic carbocycles. The van der Waals surface area contributed by atoms with Gasteiger partial charge in [-0.25, -0.2) is 14.4 Å². The Hall–Kier alpha value is -1.81. The molecule has 0 saturated carbocycles. The normalized spacial score (nSPS) is 10.4. The van der Waals surface area contributed by atoms with Crippen LogP contribution in [0.15, 0.2) is 30.6 Å². The maximum atomic E-state index is 13.9. The van der Waals surface area contributed by atoms with Crippen LogP contribution in [0.4, 0.5) is 4.39 Å². The van der Waals surface area contributed by atoms with Gasteiger partial charge in [0.1, 0.15) is 12.0 Å². The quantitative estimate of drug-likeness (QED) is 0.837. The molecule has 0 aliphatic heterocycles. The Morgan fingerprint density at radius 1 is 1.31 bits per heavy atom. The van der Waals surface area contributed by atoms with Crippen molar-refractivity contribution in [2.45, 2.75) is 13.5 Å². The average molecular weight is 217 g/mol. The highest BCUT2D eigenvalue weighted by Gasteiger charge is 2.11. The molecular formula is C12H12FN3. The predicted molar refractivity (Wildman–Crippen MR) is 60.1 cm³/mol. The highest BCUT2D eigenvalue weighted by atomic mass is 19.1. The third-order valence-electron chi connectivity index (χ3n) is 2.35. The molecule has 0 saturated heterocycles. The van der Waals surface area contributed by atoms with Crippen molar-refractivity contribution < 1.29 is 4.39 Å². The summed E-state index contributed by atoms with van der Waals surface area (Å²) in [6.45, 7) is 2.03. The summed E-state index contributed by atoms with van der Waals surface area (Å²) >= 11 is 0. The molecule has 4 heteroatoms. The SMILES string of the molecule is Cc1cccc(-c2ncnc(CN)c2F)c1. The van der Waals surface area contributed by atoms with Crippen LogP contribution in [0.5, 0.6) is 0 Å². The second-order valence-electron chi connectivity index (χ2n) is 3.56. The van der Waals surface area contributed by atoms with Crippen LogP contribution in [0.2, 0.25) is 0 Å². The molecule has 0 spiro atoms. The lowest BCUT2D eigenvalue weighted by atomic mass is 10.1. The second-order valence-corrected chi connectivity index (χ2v) is 3.56. The molecule has 16 heavy (non-hydrogen) atoms. The molecule has 1 aromatic heterocycles. The molecule has 0 fully saturated rings. The summed E-state index contributed by atoms with van der Waals surface area (Å²) in [4.78, 5) is 7.75. The van der Waals surface area contributed by atoms with Gasteiger partial charge in [0.15, 0.2) is 5.82 Å². The number of hydrogen-bond acceptors (Lipinski definition) is 3. The zero-order valence-corrected chi connectivity index (χ0v) is 8.94. The first-order valence-electron chi connectivity index (χ1n) is 4.99. The van der Waals surface area contributed by atoms with Gasteiger partial charge < -0.3 is 5.73 Å². The molecule has 1 aromatic carbocycles. The van der Waals surface area contributed by atoms with E-state index in [4.69, 9.17) is 5.73 Å². The van der Waals surface area contributed by atoms with Crippen molar-refractivity contribution in [2.24, 2.45) is 5.73 Å². The minimum Gasteiger partial charge on any atom is -0.325 e. The highest BCUT2D eigenvalue weighted by Crippen LogP contribution is 2.21. The Bertz CT molecular complexity index is 511. The van der Waals surface area contributed by atoms with E-state index >= 15 is 0 Å². The molecule has 0 amide bonds. The van der Waals surface area contributed by atoms with Crippen LogP contribution in [0.3, 0.4) is 0 Å². The van der Waals surface area contributed by atoms with Crippen LogP contribution in [0, 0.1) is 12.7 Å². The first-order chi connectivity index (χ1) is 7.72. The van der Waals surface area contributed by atoms with Crippen molar-refractivity contribution in [3.05, 3.63) is 47.7 Å². The van der Waals surface area contributed by atoms with Gasteiger partial charge in [0.2, 0.25) is 0 Å². The number of benzene rings is 1. The van der Waals surface area contributed by atoms with E-state index in [-0.39, 0.29) is 12.2 Å². The van der Waals surface area contributed by atoms with Gasteiger partial charge >= 0.3 is 0 Å². The van der Waals surface area contributed by atoms with Gasteiger partial charge in [0.05, 0.1) is 5.69 Å². The van der Waals surface area contributed by atoms with Crippen molar-refractivity contribution in [1.29, 1.82) is 0 Å². The van der Waals surface area contributed by atoms with Crippen LogP contribution in [-0.2, 0) is 6.54 Å². The Kier molecular flexibility index (Phi) is 2.92. The number of nitrogens with two attached hydrogens (primary N) is 1. The standard InChI is InChI=1S/C12H12FN3/c1-8-3-2-4-9(5-8)12-11(13)10(6-14)15-7-16-12/h2-5,7H,6,14H2,1H3. The fourth-order valence-corrected chi connectivity index (χ4v) is 1.54. The van der Waals surface area contributed by atoms with Gasteiger partial charge in [-0.1, -0.05) is 23.8 Å². The lowest BCUT2D eigenvalue weighted by Gasteiger charge is -2.05. The van der Waals surface area contributed by atoms with Crippen molar-refractivity contribution in [3.63, 3.8) is 0 Å². The lowest BCUT2D eigenvalue weighted by Crippen LogP contribution is -2.05. The van der Waals surface area contributed by atoms with E-state index in [0.717, 1.165) is 11.1 Å². The number of aromatic nitrogens is 2. The molecule has 0 aliphatic rings. The zero-order chi connectivity index (χ0) is 11.5. The van der Waals surface area contributed by atoms with Crippen molar-refractivity contribution >= 4 is 0 Å². The highest BCUT2D eigenvalue weighted by molar-refractivity contribution is 5.60.